The maximum absolute atomic E-state index is 14.7. The summed E-state index contributed by atoms with van der Waals surface area (Å²) in [4.78, 5) is 24.2. The van der Waals surface area contributed by atoms with E-state index in [0.29, 0.717) is 54.4 Å². The number of hydrogen-bond donors (Lipinski definition) is 0. The highest BCUT2D eigenvalue weighted by molar-refractivity contribution is 6.11. The number of hydrogen-bond acceptors (Lipinski definition) is 7. The van der Waals surface area contributed by atoms with Crippen LogP contribution >= 0.6 is 0 Å². The Morgan fingerprint density at radius 1 is 1.11 bits per heavy atom. The Morgan fingerprint density at radius 3 is 2.58 bits per heavy atom. The van der Waals surface area contributed by atoms with Crippen molar-refractivity contribution in [2.45, 2.75) is 6.42 Å². The zero-order valence-electron chi connectivity index (χ0n) is 19.7. The number of amides is 1. The zero-order valence-corrected chi connectivity index (χ0v) is 19.7. The van der Waals surface area contributed by atoms with Crippen LogP contribution in [0.1, 0.15) is 6.42 Å². The first-order valence-electron chi connectivity index (χ1n) is 11.3. The molecule has 11 heteroatoms. The van der Waals surface area contributed by atoms with Gasteiger partial charge in [-0.1, -0.05) is 6.58 Å². The first kappa shape index (κ1) is 25.4. The molecule has 0 aliphatic carbocycles. The molecule has 8 nitrogen and oxygen atoms in total. The predicted molar refractivity (Wildman–Crippen MR) is 127 cm³/mol. The van der Waals surface area contributed by atoms with Crippen molar-refractivity contribution in [2.24, 2.45) is 0 Å². The number of halogens is 3. The van der Waals surface area contributed by atoms with Crippen LogP contribution in [-0.2, 0) is 9.53 Å². The molecule has 1 saturated heterocycles. The van der Waals surface area contributed by atoms with Gasteiger partial charge in [0.15, 0.2) is 29.0 Å². The number of benzene rings is 2. The van der Waals surface area contributed by atoms with E-state index < -0.39 is 29.0 Å². The third kappa shape index (κ3) is 5.42. The normalized spacial score (nSPS) is 14.0. The Morgan fingerprint density at radius 2 is 1.86 bits per heavy atom. The Bertz CT molecular complexity index is 1270. The first-order chi connectivity index (χ1) is 17.4. The summed E-state index contributed by atoms with van der Waals surface area (Å²) in [6.45, 7) is 7.81. The molecule has 0 unspecified atom stereocenters. The van der Waals surface area contributed by atoms with Crippen LogP contribution in [0.5, 0.6) is 11.5 Å². The lowest BCUT2D eigenvalue weighted by molar-refractivity contribution is -0.113. The number of morpholine rings is 1. The van der Waals surface area contributed by atoms with E-state index in [0.717, 1.165) is 37.0 Å². The van der Waals surface area contributed by atoms with Crippen molar-refractivity contribution in [3.63, 3.8) is 0 Å². The quantitative estimate of drug-likeness (QED) is 0.249. The largest absolute Gasteiger partial charge is 0.493 e. The van der Waals surface area contributed by atoms with Gasteiger partial charge in [0.25, 0.3) is 5.91 Å². The summed E-state index contributed by atoms with van der Waals surface area (Å²) in [6, 6.07) is 4.12. The van der Waals surface area contributed by atoms with Crippen LogP contribution in [0, 0.1) is 17.5 Å². The molecule has 1 fully saturated rings. The van der Waals surface area contributed by atoms with Gasteiger partial charge >= 0.3 is 0 Å². The van der Waals surface area contributed by atoms with Gasteiger partial charge in [0.1, 0.15) is 12.1 Å². The minimum atomic E-state index is -1.38. The van der Waals surface area contributed by atoms with Gasteiger partial charge in [-0.15, -0.1) is 0 Å². The molecular formula is C25H25F3N4O4. The lowest BCUT2D eigenvalue weighted by Gasteiger charge is -2.26. The van der Waals surface area contributed by atoms with Crippen molar-refractivity contribution in [3.05, 3.63) is 60.7 Å². The molecule has 3 aromatic rings. The van der Waals surface area contributed by atoms with Gasteiger partial charge in [0.05, 0.1) is 38.1 Å². The molecule has 36 heavy (non-hydrogen) atoms. The zero-order chi connectivity index (χ0) is 25.7. The molecule has 0 radical (unpaired) electrons. The summed E-state index contributed by atoms with van der Waals surface area (Å²) in [5, 5.41) is 0.306. The maximum atomic E-state index is 14.7. The van der Waals surface area contributed by atoms with Crippen molar-refractivity contribution in [1.82, 2.24) is 14.9 Å². The van der Waals surface area contributed by atoms with E-state index >= 15 is 0 Å². The summed E-state index contributed by atoms with van der Waals surface area (Å²) in [5.74, 6) is -3.95. The third-order valence-electron chi connectivity index (χ3n) is 5.72. The third-order valence-corrected chi connectivity index (χ3v) is 5.72. The molecule has 190 valence electrons. The second kappa shape index (κ2) is 11.4. The average Bonchev–Trinajstić information content (AvgIpc) is 2.89. The average molecular weight is 502 g/mol. The first-order valence-corrected chi connectivity index (χ1v) is 11.3. The number of anilines is 2. The smallest absolute Gasteiger partial charge is 0.256 e. The van der Waals surface area contributed by atoms with Crippen LogP contribution in [0.2, 0.25) is 0 Å². The molecule has 0 saturated carbocycles. The fourth-order valence-corrected chi connectivity index (χ4v) is 3.91. The number of ether oxygens (including phenoxy) is 3. The number of carbonyl (C=O) groups excluding carboxylic acids is 1. The van der Waals surface area contributed by atoms with Crippen molar-refractivity contribution in [2.75, 3.05) is 51.5 Å². The molecule has 0 N–H and O–H groups in total. The summed E-state index contributed by atoms with van der Waals surface area (Å²) in [7, 11) is 1.48. The van der Waals surface area contributed by atoms with Gasteiger partial charge in [-0.05, 0) is 18.6 Å². The molecule has 0 bridgehead atoms. The van der Waals surface area contributed by atoms with Crippen LogP contribution in [-0.4, -0.2) is 67.3 Å². The number of nitrogens with zero attached hydrogens (tertiary/aromatic N) is 4. The topological polar surface area (TPSA) is 77.0 Å². The van der Waals surface area contributed by atoms with E-state index in [2.05, 4.69) is 21.4 Å². The molecule has 1 amide bonds. The van der Waals surface area contributed by atoms with Crippen molar-refractivity contribution < 1.29 is 32.2 Å². The molecule has 2 heterocycles. The summed E-state index contributed by atoms with van der Waals surface area (Å²) >= 11 is 0. The van der Waals surface area contributed by atoms with Crippen molar-refractivity contribution in [3.8, 4) is 11.5 Å². The summed E-state index contributed by atoms with van der Waals surface area (Å²) in [5.41, 5.74) is -0.162. The van der Waals surface area contributed by atoms with Crippen LogP contribution in [0.25, 0.3) is 10.9 Å². The second-order valence-corrected chi connectivity index (χ2v) is 7.97. The van der Waals surface area contributed by atoms with Gasteiger partial charge in [0, 0.05) is 43.2 Å². The molecule has 0 spiro atoms. The SMILES string of the molecule is C=CC(=O)N(c1cc(F)c(F)cc1F)c1ncnc2cc(OC)c(OCCCN3CCOCC3)cc12. The Hall–Kier alpha value is -3.70. The van der Waals surface area contributed by atoms with E-state index in [1.807, 2.05) is 0 Å². The minimum absolute atomic E-state index is 0.0596. The van der Waals surface area contributed by atoms with E-state index in [1.165, 1.54) is 13.4 Å². The second-order valence-electron chi connectivity index (χ2n) is 7.97. The van der Waals surface area contributed by atoms with Crippen molar-refractivity contribution in [1.29, 1.82) is 0 Å². The highest BCUT2D eigenvalue weighted by Crippen LogP contribution is 2.38. The highest BCUT2D eigenvalue weighted by atomic mass is 19.2. The molecule has 1 aliphatic rings. The van der Waals surface area contributed by atoms with Crippen LogP contribution < -0.4 is 14.4 Å². The van der Waals surface area contributed by atoms with E-state index in [4.69, 9.17) is 14.2 Å². The lowest BCUT2D eigenvalue weighted by atomic mass is 10.1. The predicted octanol–water partition coefficient (Wildman–Crippen LogP) is 4.01. The van der Waals surface area contributed by atoms with Crippen LogP contribution in [0.4, 0.5) is 24.7 Å². The molecule has 2 aromatic carbocycles. The number of fused-ring (bicyclic) bond motifs is 1. The van der Waals surface area contributed by atoms with E-state index in [1.54, 1.807) is 12.1 Å². The standard InChI is InChI=1S/C25H25F3N4O4/c1-3-24(33)32(21-13-18(27)17(26)12-19(21)28)25-16-11-23(22(34-2)14-20(16)29-15-30-25)36-8-4-5-31-6-9-35-10-7-31/h3,11-15H,1,4-10H2,2H3. The Labute approximate surface area is 205 Å². The molecule has 1 aliphatic heterocycles. The van der Waals surface area contributed by atoms with Crippen LogP contribution in [0.15, 0.2) is 43.2 Å². The van der Waals surface area contributed by atoms with Crippen LogP contribution in [0.3, 0.4) is 0 Å². The number of methoxy groups -OCH3 is 1. The fourth-order valence-electron chi connectivity index (χ4n) is 3.91. The molecular weight excluding hydrogens is 477 g/mol. The molecule has 0 atom stereocenters. The lowest BCUT2D eigenvalue weighted by Crippen LogP contribution is -2.37. The maximum Gasteiger partial charge on any atom is 0.256 e. The highest BCUT2D eigenvalue weighted by Gasteiger charge is 2.25. The number of rotatable bonds is 9. The Kier molecular flexibility index (Phi) is 8.01. The minimum Gasteiger partial charge on any atom is -0.493 e. The summed E-state index contributed by atoms with van der Waals surface area (Å²) < 4.78 is 59.0. The van der Waals surface area contributed by atoms with Gasteiger partial charge in [0.2, 0.25) is 0 Å². The van der Waals surface area contributed by atoms with Gasteiger partial charge in [-0.3, -0.25) is 14.6 Å². The molecule has 1 aromatic heterocycles. The fraction of sp³-hybridized carbons (Fsp3) is 0.320. The monoisotopic (exact) mass is 502 g/mol. The van der Waals surface area contributed by atoms with E-state index in [-0.39, 0.29) is 5.82 Å². The summed E-state index contributed by atoms with van der Waals surface area (Å²) in [6.07, 6.45) is 2.84. The van der Waals surface area contributed by atoms with Crippen molar-refractivity contribution >= 4 is 28.3 Å². The Balaban J connectivity index is 1.69. The van der Waals surface area contributed by atoms with Gasteiger partial charge in [-0.25, -0.2) is 23.1 Å². The molecule has 4 rings (SSSR count). The van der Waals surface area contributed by atoms with Gasteiger partial charge < -0.3 is 14.2 Å². The van der Waals surface area contributed by atoms with Gasteiger partial charge in [-0.2, -0.15) is 0 Å². The number of aromatic nitrogens is 2. The number of carbonyl (C=O) groups is 1. The van der Waals surface area contributed by atoms with E-state index in [9.17, 15) is 18.0 Å².